The molecule has 0 bridgehead atoms. The predicted octanol–water partition coefficient (Wildman–Crippen LogP) is -0.349. The molecule has 0 aliphatic heterocycles. The van der Waals surface area contributed by atoms with Crippen LogP contribution in [-0.4, -0.2) is 19.4 Å². The molecule has 0 aliphatic carbocycles. The van der Waals surface area contributed by atoms with E-state index < -0.39 is 0 Å². The molecule has 46 valence electrons. The van der Waals surface area contributed by atoms with Gasteiger partial charge >= 0.3 is 0 Å². The van der Waals surface area contributed by atoms with E-state index in [9.17, 15) is 0 Å². The quantitative estimate of drug-likeness (QED) is 0.241. The van der Waals surface area contributed by atoms with Gasteiger partial charge in [-0.05, 0) is 0 Å². The summed E-state index contributed by atoms with van der Waals surface area (Å²) in [6.07, 6.45) is 1.35. The topological polar surface area (TPSA) is 72.0 Å². The summed E-state index contributed by atoms with van der Waals surface area (Å²) in [6, 6.07) is 3.68. The summed E-state index contributed by atoms with van der Waals surface area (Å²) in [5.41, 5.74) is 0. The first-order valence-corrected chi connectivity index (χ1v) is 2.37. The van der Waals surface area contributed by atoms with E-state index in [1.807, 2.05) is 12.1 Å². The Balaban J connectivity index is 3.09. The van der Waals surface area contributed by atoms with E-state index in [-0.39, 0.29) is 13.1 Å². The lowest BCUT2D eigenvalue weighted by Crippen LogP contribution is -2.10. The lowest BCUT2D eigenvalue weighted by Gasteiger charge is -1.84. The van der Waals surface area contributed by atoms with Crippen LogP contribution in [0, 0.1) is 22.7 Å². The van der Waals surface area contributed by atoms with Crippen LogP contribution in [0.25, 0.3) is 0 Å². The average Bonchev–Trinajstić information content (AvgIpc) is 1.89. The van der Waals surface area contributed by atoms with Crippen LogP contribution < -0.4 is 5.32 Å². The van der Waals surface area contributed by atoms with Crippen molar-refractivity contribution in [2.75, 3.05) is 13.1 Å². The van der Waals surface area contributed by atoms with Crippen LogP contribution in [0.2, 0.25) is 0 Å². The molecule has 0 saturated heterocycles. The Kier molecular flexibility index (Phi) is 5.34. The van der Waals surface area contributed by atoms with Crippen molar-refractivity contribution < 1.29 is 0 Å². The number of aliphatic imine (C=N–C) groups is 1. The first kappa shape index (κ1) is 7.45. The van der Waals surface area contributed by atoms with Gasteiger partial charge in [-0.2, -0.15) is 10.5 Å². The van der Waals surface area contributed by atoms with Crippen LogP contribution >= 0.6 is 0 Å². The van der Waals surface area contributed by atoms with Crippen molar-refractivity contribution in [3.8, 4) is 12.1 Å². The largest absolute Gasteiger partial charge is 0.363 e. The van der Waals surface area contributed by atoms with Gasteiger partial charge < -0.3 is 5.32 Å². The van der Waals surface area contributed by atoms with Gasteiger partial charge in [-0.15, -0.1) is 0 Å². The highest BCUT2D eigenvalue weighted by molar-refractivity contribution is 5.54. The summed E-state index contributed by atoms with van der Waals surface area (Å²) in [7, 11) is 0. The Labute approximate surface area is 53.4 Å². The third-order valence-electron chi connectivity index (χ3n) is 0.526. The fourth-order valence-corrected chi connectivity index (χ4v) is 0.242. The van der Waals surface area contributed by atoms with E-state index in [1.54, 1.807) is 0 Å². The fourth-order valence-electron chi connectivity index (χ4n) is 0.242. The van der Waals surface area contributed by atoms with Crippen molar-refractivity contribution in [3.63, 3.8) is 0 Å². The van der Waals surface area contributed by atoms with Gasteiger partial charge in [0, 0.05) is 0 Å². The zero-order chi connectivity index (χ0) is 6.95. The summed E-state index contributed by atoms with van der Waals surface area (Å²) in [5, 5.41) is 18.5. The maximum Gasteiger partial charge on any atom is 0.127 e. The molecule has 4 heteroatoms. The van der Waals surface area contributed by atoms with Crippen molar-refractivity contribution in [1.29, 1.82) is 10.5 Å². The highest BCUT2D eigenvalue weighted by Crippen LogP contribution is 1.59. The maximum atomic E-state index is 7.98. The normalized spacial score (nSPS) is 8.22. The van der Waals surface area contributed by atoms with Gasteiger partial charge in [0.2, 0.25) is 0 Å². The fraction of sp³-hybridized carbons (Fsp3) is 0.400. The predicted molar refractivity (Wildman–Crippen MR) is 32.6 cm³/mol. The lowest BCUT2D eigenvalue weighted by atomic mass is 10.7. The highest BCUT2D eigenvalue weighted by Gasteiger charge is 1.71. The van der Waals surface area contributed by atoms with Crippen molar-refractivity contribution in [1.82, 2.24) is 5.32 Å². The van der Waals surface area contributed by atoms with Gasteiger partial charge in [0.05, 0.1) is 18.5 Å². The van der Waals surface area contributed by atoms with Crippen LogP contribution in [0.1, 0.15) is 0 Å². The molecule has 0 radical (unpaired) electrons. The number of hydrogen-bond donors (Lipinski definition) is 1. The van der Waals surface area contributed by atoms with E-state index in [0.717, 1.165) is 0 Å². The van der Waals surface area contributed by atoms with E-state index in [1.165, 1.54) is 6.34 Å². The Hall–Kier alpha value is -1.55. The molecule has 0 aromatic carbocycles. The zero-order valence-corrected chi connectivity index (χ0v) is 4.83. The Bertz CT molecular complexity index is 159. The van der Waals surface area contributed by atoms with Gasteiger partial charge in [0.1, 0.15) is 13.1 Å². The number of nitrogens with one attached hydrogen (secondary N) is 1. The molecule has 0 unspecified atom stereocenters. The van der Waals surface area contributed by atoms with Gasteiger partial charge in [0.25, 0.3) is 0 Å². The second-order valence-corrected chi connectivity index (χ2v) is 1.17. The third kappa shape index (κ3) is 6.45. The lowest BCUT2D eigenvalue weighted by molar-refractivity contribution is 1.06. The Morgan fingerprint density at radius 1 is 1.44 bits per heavy atom. The summed E-state index contributed by atoms with van der Waals surface area (Å²) in [6.45, 7) is 0.368. The first-order valence-electron chi connectivity index (χ1n) is 2.37. The second kappa shape index (κ2) is 6.45. The summed E-state index contributed by atoms with van der Waals surface area (Å²) < 4.78 is 0. The Morgan fingerprint density at radius 3 is 2.78 bits per heavy atom. The van der Waals surface area contributed by atoms with E-state index >= 15 is 0 Å². The molecule has 0 spiro atoms. The molecule has 0 fully saturated rings. The molecule has 0 amide bonds. The van der Waals surface area contributed by atoms with Gasteiger partial charge in [-0.25, -0.2) is 0 Å². The minimum atomic E-state index is 0.137. The molecule has 4 nitrogen and oxygen atoms in total. The summed E-state index contributed by atoms with van der Waals surface area (Å²) >= 11 is 0. The van der Waals surface area contributed by atoms with Gasteiger partial charge in [-0.1, -0.05) is 0 Å². The SMILES string of the molecule is N#CCN=CNCC#N. The van der Waals surface area contributed by atoms with Gasteiger partial charge in [-0.3, -0.25) is 4.99 Å². The smallest absolute Gasteiger partial charge is 0.127 e. The molecule has 0 aromatic heterocycles. The van der Waals surface area contributed by atoms with Gasteiger partial charge in [0.15, 0.2) is 0 Å². The molecule has 0 heterocycles. The molecule has 0 aliphatic rings. The second-order valence-electron chi connectivity index (χ2n) is 1.17. The molecular formula is C5H6N4. The molecular weight excluding hydrogens is 116 g/mol. The van der Waals surface area contributed by atoms with E-state index in [4.69, 9.17) is 10.5 Å². The van der Waals surface area contributed by atoms with E-state index in [0.29, 0.717) is 0 Å². The zero-order valence-electron chi connectivity index (χ0n) is 4.83. The van der Waals surface area contributed by atoms with Crippen molar-refractivity contribution in [3.05, 3.63) is 0 Å². The van der Waals surface area contributed by atoms with Crippen LogP contribution in [0.3, 0.4) is 0 Å². The average molecular weight is 122 g/mol. The monoisotopic (exact) mass is 122 g/mol. The number of hydrogen-bond acceptors (Lipinski definition) is 3. The van der Waals surface area contributed by atoms with Crippen LogP contribution in [-0.2, 0) is 0 Å². The third-order valence-corrected chi connectivity index (χ3v) is 0.526. The highest BCUT2D eigenvalue weighted by atomic mass is 14.9. The minimum absolute atomic E-state index is 0.137. The molecule has 0 atom stereocenters. The van der Waals surface area contributed by atoms with E-state index in [2.05, 4.69) is 10.3 Å². The molecule has 0 saturated carbocycles. The maximum absolute atomic E-state index is 7.98. The molecule has 9 heavy (non-hydrogen) atoms. The number of rotatable bonds is 3. The van der Waals surface area contributed by atoms with Crippen LogP contribution in [0.4, 0.5) is 0 Å². The molecule has 0 rings (SSSR count). The van der Waals surface area contributed by atoms with Crippen LogP contribution in [0.5, 0.6) is 0 Å². The first-order chi connectivity index (χ1) is 4.41. The standard InChI is InChI=1S/C5H6N4/c6-1-3-8-5-9-4-2-7/h5H,3-4H2,(H,8,9). The Morgan fingerprint density at radius 2 is 2.22 bits per heavy atom. The summed E-state index contributed by atoms with van der Waals surface area (Å²) in [5.74, 6) is 0. The van der Waals surface area contributed by atoms with Crippen molar-refractivity contribution in [2.24, 2.45) is 4.99 Å². The minimum Gasteiger partial charge on any atom is -0.363 e. The van der Waals surface area contributed by atoms with Crippen molar-refractivity contribution >= 4 is 6.34 Å². The number of nitrogens with zero attached hydrogens (tertiary/aromatic N) is 3. The molecule has 1 N–H and O–H groups in total. The molecule has 0 aromatic rings. The summed E-state index contributed by atoms with van der Waals surface area (Å²) in [4.78, 5) is 3.58. The van der Waals surface area contributed by atoms with Crippen LogP contribution in [0.15, 0.2) is 4.99 Å². The van der Waals surface area contributed by atoms with Crippen molar-refractivity contribution in [2.45, 2.75) is 0 Å². The number of nitriles is 2.